The molecular formula is C13H18FNO. The van der Waals surface area contributed by atoms with Crippen molar-refractivity contribution in [3.63, 3.8) is 0 Å². The number of ether oxygens (including phenoxy) is 1. The van der Waals surface area contributed by atoms with Gasteiger partial charge >= 0.3 is 0 Å². The maximum atomic E-state index is 13.7. The Hall–Kier alpha value is -1.12. The highest BCUT2D eigenvalue weighted by Gasteiger charge is 2.29. The summed E-state index contributed by atoms with van der Waals surface area (Å²) in [6.45, 7) is 7.65. The van der Waals surface area contributed by atoms with Crippen LogP contribution in [0.1, 0.15) is 50.8 Å². The molecule has 0 N–H and O–H groups in total. The molecule has 1 aliphatic rings. The van der Waals surface area contributed by atoms with Crippen molar-refractivity contribution >= 4 is 0 Å². The minimum Gasteiger partial charge on any atom is -0.485 e. The third-order valence-electron chi connectivity index (χ3n) is 2.63. The fourth-order valence-electron chi connectivity index (χ4n) is 1.78. The van der Waals surface area contributed by atoms with E-state index < -0.39 is 0 Å². The first-order valence-corrected chi connectivity index (χ1v) is 5.72. The average molecular weight is 223 g/mol. The molecule has 1 aromatic heterocycles. The SMILES string of the molecule is Cc1c(C2CC2)ncc(F)c1OC(C)(C)C. The monoisotopic (exact) mass is 223 g/mol. The third-order valence-corrected chi connectivity index (χ3v) is 2.63. The van der Waals surface area contributed by atoms with Crippen LogP contribution in [0.5, 0.6) is 5.75 Å². The predicted octanol–water partition coefficient (Wildman–Crippen LogP) is 3.58. The second-order valence-electron chi connectivity index (χ2n) is 5.43. The molecule has 1 saturated carbocycles. The molecule has 3 heteroatoms. The number of hydrogen-bond acceptors (Lipinski definition) is 2. The maximum absolute atomic E-state index is 13.7. The lowest BCUT2D eigenvalue weighted by Crippen LogP contribution is -2.24. The van der Waals surface area contributed by atoms with Crippen molar-refractivity contribution in [2.75, 3.05) is 0 Å². The summed E-state index contributed by atoms with van der Waals surface area (Å²) in [6.07, 6.45) is 3.60. The summed E-state index contributed by atoms with van der Waals surface area (Å²) >= 11 is 0. The van der Waals surface area contributed by atoms with E-state index in [9.17, 15) is 4.39 Å². The molecule has 0 aliphatic heterocycles. The zero-order valence-corrected chi connectivity index (χ0v) is 10.3. The van der Waals surface area contributed by atoms with Crippen molar-refractivity contribution < 1.29 is 9.13 Å². The second kappa shape index (κ2) is 3.72. The highest BCUT2D eigenvalue weighted by molar-refractivity contribution is 5.39. The molecule has 1 aromatic rings. The lowest BCUT2D eigenvalue weighted by Gasteiger charge is -2.23. The molecule has 88 valence electrons. The van der Waals surface area contributed by atoms with E-state index in [1.165, 1.54) is 6.20 Å². The molecule has 0 amide bonds. The fraction of sp³-hybridized carbons (Fsp3) is 0.615. The molecule has 0 aromatic carbocycles. The van der Waals surface area contributed by atoms with Crippen LogP contribution in [0.3, 0.4) is 0 Å². The Morgan fingerprint density at radius 3 is 2.50 bits per heavy atom. The molecule has 0 saturated heterocycles. The van der Waals surface area contributed by atoms with Gasteiger partial charge < -0.3 is 4.74 Å². The largest absolute Gasteiger partial charge is 0.485 e. The molecule has 1 heterocycles. The highest BCUT2D eigenvalue weighted by Crippen LogP contribution is 2.43. The van der Waals surface area contributed by atoms with Gasteiger partial charge in [0.15, 0.2) is 11.6 Å². The van der Waals surface area contributed by atoms with Crippen LogP contribution < -0.4 is 4.74 Å². The summed E-state index contributed by atoms with van der Waals surface area (Å²) in [5.41, 5.74) is 1.48. The van der Waals surface area contributed by atoms with Crippen LogP contribution in [-0.2, 0) is 0 Å². The Morgan fingerprint density at radius 1 is 1.38 bits per heavy atom. The Morgan fingerprint density at radius 2 is 2.00 bits per heavy atom. The quantitative estimate of drug-likeness (QED) is 0.764. The molecule has 0 spiro atoms. The topological polar surface area (TPSA) is 22.1 Å². The van der Waals surface area contributed by atoms with Gasteiger partial charge in [-0.3, -0.25) is 4.98 Å². The standard InChI is InChI=1S/C13H18FNO/c1-8-11(9-5-6-9)15-7-10(14)12(8)16-13(2,3)4/h7,9H,5-6H2,1-4H3. The van der Waals surface area contributed by atoms with Gasteiger partial charge in [0.1, 0.15) is 5.60 Å². The van der Waals surface area contributed by atoms with Crippen molar-refractivity contribution in [3.05, 3.63) is 23.3 Å². The Bertz CT molecular complexity index is 405. The van der Waals surface area contributed by atoms with Gasteiger partial charge in [0.05, 0.1) is 11.9 Å². The summed E-state index contributed by atoms with van der Waals surface area (Å²) in [6, 6.07) is 0. The molecule has 0 bridgehead atoms. The lowest BCUT2D eigenvalue weighted by molar-refractivity contribution is 0.122. The second-order valence-corrected chi connectivity index (χ2v) is 5.43. The van der Waals surface area contributed by atoms with Gasteiger partial charge in [-0.2, -0.15) is 0 Å². The van der Waals surface area contributed by atoms with E-state index >= 15 is 0 Å². The summed E-state index contributed by atoms with van der Waals surface area (Å²) in [5.74, 6) is 0.518. The van der Waals surface area contributed by atoms with Crippen molar-refractivity contribution in [3.8, 4) is 5.75 Å². The van der Waals surface area contributed by atoms with Gasteiger partial charge in [-0.05, 0) is 40.5 Å². The molecule has 2 rings (SSSR count). The summed E-state index contributed by atoms with van der Waals surface area (Å²) in [7, 11) is 0. The van der Waals surface area contributed by atoms with Crippen LogP contribution in [0.2, 0.25) is 0 Å². The van der Waals surface area contributed by atoms with E-state index in [4.69, 9.17) is 4.74 Å². The minimum absolute atomic E-state index is 0.364. The molecule has 0 radical (unpaired) electrons. The minimum atomic E-state index is -0.381. The zero-order valence-electron chi connectivity index (χ0n) is 10.3. The molecule has 16 heavy (non-hydrogen) atoms. The van der Waals surface area contributed by atoms with Crippen molar-refractivity contribution in [2.45, 2.75) is 52.1 Å². The smallest absolute Gasteiger partial charge is 0.183 e. The Balaban J connectivity index is 2.38. The van der Waals surface area contributed by atoms with Gasteiger partial charge in [0.2, 0.25) is 0 Å². The summed E-state index contributed by atoms with van der Waals surface area (Å²) in [5, 5.41) is 0. The lowest BCUT2D eigenvalue weighted by atomic mass is 10.1. The highest BCUT2D eigenvalue weighted by atomic mass is 19.1. The van der Waals surface area contributed by atoms with E-state index in [1.807, 2.05) is 27.7 Å². The summed E-state index contributed by atoms with van der Waals surface area (Å²) in [4.78, 5) is 4.18. The van der Waals surface area contributed by atoms with Crippen molar-refractivity contribution in [2.24, 2.45) is 0 Å². The van der Waals surface area contributed by atoms with Gasteiger partial charge in [-0.1, -0.05) is 0 Å². The average Bonchev–Trinajstić information content (AvgIpc) is 2.94. The van der Waals surface area contributed by atoms with Crippen LogP contribution in [0.4, 0.5) is 4.39 Å². The normalized spacial score (nSPS) is 16.3. The number of pyridine rings is 1. The number of halogens is 1. The van der Waals surface area contributed by atoms with E-state index in [2.05, 4.69) is 4.98 Å². The van der Waals surface area contributed by atoms with Crippen LogP contribution in [0.15, 0.2) is 6.20 Å². The fourth-order valence-corrected chi connectivity index (χ4v) is 1.78. The van der Waals surface area contributed by atoms with Gasteiger partial charge in [-0.25, -0.2) is 4.39 Å². The number of hydrogen-bond donors (Lipinski definition) is 0. The first-order valence-electron chi connectivity index (χ1n) is 5.72. The number of aromatic nitrogens is 1. The van der Waals surface area contributed by atoms with Crippen molar-refractivity contribution in [1.82, 2.24) is 4.98 Å². The first-order chi connectivity index (χ1) is 7.38. The van der Waals surface area contributed by atoms with Crippen LogP contribution in [0.25, 0.3) is 0 Å². The van der Waals surface area contributed by atoms with E-state index in [0.29, 0.717) is 11.7 Å². The maximum Gasteiger partial charge on any atom is 0.183 e. The van der Waals surface area contributed by atoms with Crippen LogP contribution in [0, 0.1) is 12.7 Å². The van der Waals surface area contributed by atoms with Crippen molar-refractivity contribution in [1.29, 1.82) is 0 Å². The summed E-state index contributed by atoms with van der Waals surface area (Å²) < 4.78 is 19.3. The Kier molecular flexibility index (Phi) is 2.64. The molecular weight excluding hydrogens is 205 g/mol. The van der Waals surface area contributed by atoms with Crippen LogP contribution in [-0.4, -0.2) is 10.6 Å². The van der Waals surface area contributed by atoms with Gasteiger partial charge in [0, 0.05) is 11.5 Å². The van der Waals surface area contributed by atoms with Crippen LogP contribution >= 0.6 is 0 Å². The molecule has 0 unspecified atom stereocenters. The first kappa shape index (κ1) is 11.4. The zero-order chi connectivity index (χ0) is 11.9. The number of rotatable bonds is 2. The van der Waals surface area contributed by atoms with Gasteiger partial charge in [-0.15, -0.1) is 0 Å². The van der Waals surface area contributed by atoms with E-state index in [-0.39, 0.29) is 11.4 Å². The Labute approximate surface area is 95.8 Å². The van der Waals surface area contributed by atoms with E-state index in [1.54, 1.807) is 0 Å². The third kappa shape index (κ3) is 2.34. The van der Waals surface area contributed by atoms with Gasteiger partial charge in [0.25, 0.3) is 0 Å². The molecule has 1 aliphatic carbocycles. The predicted molar refractivity (Wildman–Crippen MR) is 61.3 cm³/mol. The van der Waals surface area contributed by atoms with E-state index in [0.717, 1.165) is 24.1 Å². The molecule has 0 atom stereocenters. The molecule has 1 fully saturated rings. The molecule has 2 nitrogen and oxygen atoms in total. The number of nitrogens with zero attached hydrogens (tertiary/aromatic N) is 1.